The molecule has 1 saturated heterocycles. The maximum Gasteiger partial charge on any atom is 0.416 e. The number of piperazine rings is 1. The van der Waals surface area contributed by atoms with E-state index in [0.717, 1.165) is 31.7 Å². The van der Waals surface area contributed by atoms with Gasteiger partial charge >= 0.3 is 12.4 Å². The highest BCUT2D eigenvalue weighted by atomic mass is 35.5. The van der Waals surface area contributed by atoms with Gasteiger partial charge in [-0.1, -0.05) is 18.2 Å². The van der Waals surface area contributed by atoms with Crippen LogP contribution in [0.25, 0.3) is 0 Å². The van der Waals surface area contributed by atoms with E-state index in [1.807, 2.05) is 6.07 Å². The molecule has 3 aromatic rings. The van der Waals surface area contributed by atoms with Crippen molar-refractivity contribution in [3.8, 4) is 0 Å². The van der Waals surface area contributed by atoms with Gasteiger partial charge in [0.25, 0.3) is 5.91 Å². The van der Waals surface area contributed by atoms with Gasteiger partial charge in [0.1, 0.15) is 5.82 Å². The number of alkyl halides is 6. The van der Waals surface area contributed by atoms with E-state index in [4.69, 9.17) is 0 Å². The summed E-state index contributed by atoms with van der Waals surface area (Å²) in [4.78, 5) is 23.8. The Morgan fingerprint density at radius 3 is 2.07 bits per heavy atom. The van der Waals surface area contributed by atoms with E-state index in [9.17, 15) is 35.5 Å². The largest absolute Gasteiger partial charge is 0.416 e. The maximum atomic E-state index is 13.5. The van der Waals surface area contributed by atoms with E-state index >= 15 is 0 Å². The Morgan fingerprint density at radius 2 is 1.44 bits per heavy atom. The molecular weight excluding hydrogens is 672 g/mol. The minimum atomic E-state index is -5.06. The van der Waals surface area contributed by atoms with E-state index in [-0.39, 0.29) is 56.3 Å². The number of hydrogen-bond acceptors (Lipinski definition) is 4. The quantitative estimate of drug-likeness (QED) is 0.261. The second-order valence-electron chi connectivity index (χ2n) is 10.7. The number of nitrogens with zero attached hydrogens (tertiary/aromatic N) is 4. The number of rotatable bonds is 6. The zero-order valence-electron chi connectivity index (χ0n) is 23.8. The normalized spacial score (nSPS) is 17.4. The second kappa shape index (κ2) is 15.8. The molecule has 0 radical (unpaired) electrons. The van der Waals surface area contributed by atoms with Crippen molar-refractivity contribution >= 4 is 43.1 Å². The van der Waals surface area contributed by atoms with E-state index in [1.165, 1.54) is 22.6 Å². The lowest BCUT2D eigenvalue weighted by Gasteiger charge is -2.42. The molecule has 248 valence electrons. The third-order valence-corrected chi connectivity index (χ3v) is 7.82. The van der Waals surface area contributed by atoms with Crippen LogP contribution in [0, 0.1) is 5.82 Å². The monoisotopic (exact) mass is 702 g/mol. The summed E-state index contributed by atoms with van der Waals surface area (Å²) in [6, 6.07) is 10.0. The summed E-state index contributed by atoms with van der Waals surface area (Å²) in [6.45, 7) is 3.90. The van der Waals surface area contributed by atoms with Gasteiger partial charge in [-0.05, 0) is 53.9 Å². The predicted octanol–water partition coefficient (Wildman–Crippen LogP) is 6.95. The van der Waals surface area contributed by atoms with Crippen LogP contribution in [0.3, 0.4) is 0 Å². The Kier molecular flexibility index (Phi) is 13.5. The summed E-state index contributed by atoms with van der Waals surface area (Å²) < 4.78 is 94.4. The minimum Gasteiger partial charge on any atom is -0.333 e. The van der Waals surface area contributed by atoms with Crippen molar-refractivity contribution in [1.82, 2.24) is 19.7 Å². The highest BCUT2D eigenvalue weighted by Gasteiger charge is 2.39. The van der Waals surface area contributed by atoms with Crippen molar-refractivity contribution < 1.29 is 35.5 Å². The molecule has 2 aliphatic rings. The first kappa shape index (κ1) is 38.5. The van der Waals surface area contributed by atoms with Gasteiger partial charge in [0, 0.05) is 75.7 Å². The molecule has 0 bridgehead atoms. The van der Waals surface area contributed by atoms with E-state index in [2.05, 4.69) is 20.9 Å². The van der Waals surface area contributed by atoms with Crippen LogP contribution >= 0.6 is 37.2 Å². The number of carbonyl (C=O) groups excluding carboxylic acids is 1. The fourth-order valence-electron chi connectivity index (χ4n) is 5.60. The zero-order valence-corrected chi connectivity index (χ0v) is 26.2. The first-order valence-electron chi connectivity index (χ1n) is 13.6. The molecule has 15 heteroatoms. The molecule has 0 aliphatic carbocycles. The van der Waals surface area contributed by atoms with Gasteiger partial charge < -0.3 is 4.90 Å². The van der Waals surface area contributed by atoms with E-state index in [0.29, 0.717) is 37.3 Å². The number of halogens is 10. The van der Waals surface area contributed by atoms with Gasteiger partial charge in [-0.2, -0.15) is 26.3 Å². The Morgan fingerprint density at radius 1 is 0.822 bits per heavy atom. The summed E-state index contributed by atoms with van der Waals surface area (Å²) in [5, 5.41) is 0. The third-order valence-electron chi connectivity index (χ3n) is 7.82. The number of hydrogen-bond donors (Lipinski definition) is 0. The van der Waals surface area contributed by atoms with Crippen molar-refractivity contribution in [2.75, 3.05) is 39.3 Å². The minimum absolute atomic E-state index is 0. The lowest BCUT2D eigenvalue weighted by molar-refractivity contribution is -0.143. The van der Waals surface area contributed by atoms with Gasteiger partial charge in [-0.3, -0.25) is 19.6 Å². The van der Waals surface area contributed by atoms with Crippen LogP contribution in [-0.2, 0) is 31.7 Å². The molecule has 2 aromatic carbocycles. The second-order valence-corrected chi connectivity index (χ2v) is 10.7. The van der Waals surface area contributed by atoms with Gasteiger partial charge in [-0.15, -0.1) is 37.2 Å². The SMILES string of the molecule is Cl.Cl.Cl.O=C(c1cc(C(F)(F)F)cc(C(F)(F)F)c1)N1CCN(CCN2CCc3ncccc3C2)C[C@H]1Cc1ccc(F)cc1. The third kappa shape index (κ3) is 9.68. The molecule has 3 heterocycles. The molecule has 1 fully saturated rings. The molecule has 5 rings (SSSR count). The Bertz CT molecular complexity index is 1390. The van der Waals surface area contributed by atoms with E-state index in [1.54, 1.807) is 18.3 Å². The lowest BCUT2D eigenvalue weighted by atomic mass is 9.99. The number of carbonyl (C=O) groups is 1. The average Bonchev–Trinajstić information content (AvgIpc) is 2.96. The van der Waals surface area contributed by atoms with Crippen LogP contribution in [0.4, 0.5) is 30.7 Å². The van der Waals surface area contributed by atoms with Crippen LogP contribution in [0.1, 0.15) is 38.3 Å². The van der Waals surface area contributed by atoms with Crippen LogP contribution in [0.5, 0.6) is 0 Å². The first-order valence-corrected chi connectivity index (χ1v) is 13.6. The predicted molar refractivity (Wildman–Crippen MR) is 163 cm³/mol. The smallest absolute Gasteiger partial charge is 0.333 e. The molecular formula is C30H32Cl3F7N4O. The summed E-state index contributed by atoms with van der Waals surface area (Å²) in [6.07, 6.45) is -7.25. The molecule has 1 amide bonds. The molecule has 5 nitrogen and oxygen atoms in total. The Hall–Kier alpha value is -2.64. The van der Waals surface area contributed by atoms with Gasteiger partial charge in [-0.25, -0.2) is 4.39 Å². The number of benzene rings is 2. The van der Waals surface area contributed by atoms with Crippen LogP contribution in [-0.4, -0.2) is 70.9 Å². The van der Waals surface area contributed by atoms with Gasteiger partial charge in [0.05, 0.1) is 11.1 Å². The molecule has 0 N–H and O–H groups in total. The number of aromatic nitrogens is 1. The van der Waals surface area contributed by atoms with Crippen molar-refractivity contribution in [1.29, 1.82) is 0 Å². The molecule has 0 unspecified atom stereocenters. The van der Waals surface area contributed by atoms with Crippen molar-refractivity contribution in [2.24, 2.45) is 0 Å². The number of fused-ring (bicyclic) bond motifs is 1. The number of amides is 1. The average molecular weight is 704 g/mol. The van der Waals surface area contributed by atoms with Gasteiger partial charge in [0.2, 0.25) is 0 Å². The zero-order chi connectivity index (χ0) is 30.1. The topological polar surface area (TPSA) is 39.7 Å². The van der Waals surface area contributed by atoms with Crippen molar-refractivity contribution in [2.45, 2.75) is 37.8 Å². The maximum absolute atomic E-state index is 13.5. The van der Waals surface area contributed by atoms with Crippen LogP contribution < -0.4 is 0 Å². The molecule has 0 saturated carbocycles. The molecule has 0 spiro atoms. The summed E-state index contributed by atoms with van der Waals surface area (Å²) in [5.74, 6) is -1.35. The van der Waals surface area contributed by atoms with Crippen LogP contribution in [0.2, 0.25) is 0 Å². The molecule has 1 aromatic heterocycles. The highest BCUT2D eigenvalue weighted by Crippen LogP contribution is 2.37. The highest BCUT2D eigenvalue weighted by molar-refractivity contribution is 5.95. The fourth-order valence-corrected chi connectivity index (χ4v) is 5.60. The summed E-state index contributed by atoms with van der Waals surface area (Å²) in [7, 11) is 0. The molecule has 2 aliphatic heterocycles. The molecule has 1 atom stereocenters. The van der Waals surface area contributed by atoms with Gasteiger partial charge in [0.15, 0.2) is 0 Å². The standard InChI is InChI=1S/C30H29F7N4O.3ClH/c31-25-5-3-20(4-6-25)14-26-19-40(11-10-39-9-7-27-21(18-39)2-1-8-38-27)12-13-41(26)28(42)22-15-23(29(32,33)34)17-24(16-22)30(35,36)37;;;/h1-6,8,15-17,26H,7,9-14,18-19H2;3*1H/t26-;;;/m1.../s1. The van der Waals surface area contributed by atoms with Crippen LogP contribution in [0.15, 0.2) is 60.8 Å². The first-order chi connectivity index (χ1) is 19.9. The summed E-state index contributed by atoms with van der Waals surface area (Å²) in [5.41, 5.74) is -0.784. The van der Waals surface area contributed by atoms with Crippen molar-refractivity contribution in [3.05, 3.63) is 100 Å². The lowest BCUT2D eigenvalue weighted by Crippen LogP contribution is -2.57. The Labute approximate surface area is 275 Å². The van der Waals surface area contributed by atoms with Crippen molar-refractivity contribution in [3.63, 3.8) is 0 Å². The summed E-state index contributed by atoms with van der Waals surface area (Å²) >= 11 is 0. The Balaban J connectivity index is 0.00000235. The number of pyridine rings is 1. The fraction of sp³-hybridized carbons (Fsp3) is 0.400. The van der Waals surface area contributed by atoms with E-state index < -0.39 is 46.8 Å². The molecule has 45 heavy (non-hydrogen) atoms.